The van der Waals surface area contributed by atoms with Crippen molar-refractivity contribution in [2.75, 3.05) is 7.05 Å². The van der Waals surface area contributed by atoms with Gasteiger partial charge in [-0.15, -0.1) is 0 Å². The van der Waals surface area contributed by atoms with Crippen molar-refractivity contribution in [3.05, 3.63) is 0 Å². The van der Waals surface area contributed by atoms with E-state index in [2.05, 4.69) is 33.1 Å². The summed E-state index contributed by atoms with van der Waals surface area (Å²) in [6.45, 7) is 7.00. The monoisotopic (exact) mass is 197 g/mol. The molecule has 4 unspecified atom stereocenters. The second-order valence-corrected chi connectivity index (χ2v) is 5.03. The van der Waals surface area contributed by atoms with E-state index in [4.69, 9.17) is 0 Å². The maximum Gasteiger partial charge on any atom is 0.0121 e. The fourth-order valence-electron chi connectivity index (χ4n) is 2.97. The second-order valence-electron chi connectivity index (χ2n) is 5.03. The van der Waals surface area contributed by atoms with Gasteiger partial charge < -0.3 is 5.32 Å². The van der Waals surface area contributed by atoms with Gasteiger partial charge in [-0.25, -0.2) is 0 Å². The Morgan fingerprint density at radius 1 is 1.29 bits per heavy atom. The van der Waals surface area contributed by atoms with Gasteiger partial charge in [0.1, 0.15) is 0 Å². The molecule has 1 rings (SSSR count). The van der Waals surface area contributed by atoms with Gasteiger partial charge in [0.05, 0.1) is 0 Å². The van der Waals surface area contributed by atoms with Crippen LogP contribution in [0, 0.1) is 17.8 Å². The van der Waals surface area contributed by atoms with Crippen LogP contribution in [-0.4, -0.2) is 13.1 Å². The fourth-order valence-corrected chi connectivity index (χ4v) is 2.97. The first-order chi connectivity index (χ1) is 6.74. The van der Waals surface area contributed by atoms with Gasteiger partial charge in [0.2, 0.25) is 0 Å². The highest BCUT2D eigenvalue weighted by molar-refractivity contribution is 4.95. The molecule has 84 valence electrons. The molecule has 0 saturated heterocycles. The Balaban J connectivity index is 2.32. The highest BCUT2D eigenvalue weighted by Gasteiger charge is 2.42. The quantitative estimate of drug-likeness (QED) is 0.659. The molecule has 0 radical (unpaired) electrons. The molecule has 0 amide bonds. The van der Waals surface area contributed by atoms with Crippen LogP contribution in [0.4, 0.5) is 0 Å². The lowest BCUT2D eigenvalue weighted by atomic mass is 9.92. The van der Waals surface area contributed by atoms with Crippen molar-refractivity contribution in [3.8, 4) is 0 Å². The number of hydrogen-bond acceptors (Lipinski definition) is 1. The van der Waals surface area contributed by atoms with Crippen molar-refractivity contribution in [3.63, 3.8) is 0 Å². The van der Waals surface area contributed by atoms with Gasteiger partial charge in [-0.2, -0.15) is 0 Å². The summed E-state index contributed by atoms with van der Waals surface area (Å²) < 4.78 is 0. The molecule has 1 saturated carbocycles. The molecule has 0 aliphatic heterocycles. The molecule has 0 bridgehead atoms. The Labute approximate surface area is 89.7 Å². The summed E-state index contributed by atoms with van der Waals surface area (Å²) in [5, 5.41) is 3.54. The standard InChI is InChI=1S/C13H27N/c1-5-7-10(3)13(14-4)12-9-11(12)8-6-2/h10-14H,5-9H2,1-4H3. The van der Waals surface area contributed by atoms with Gasteiger partial charge >= 0.3 is 0 Å². The second kappa shape index (κ2) is 5.75. The van der Waals surface area contributed by atoms with E-state index in [1.54, 1.807) is 0 Å². The van der Waals surface area contributed by atoms with Crippen LogP contribution in [0.25, 0.3) is 0 Å². The Hall–Kier alpha value is -0.0400. The third kappa shape index (κ3) is 2.98. The van der Waals surface area contributed by atoms with E-state index < -0.39 is 0 Å². The Bertz CT molecular complexity index is 155. The molecule has 14 heavy (non-hydrogen) atoms. The summed E-state index contributed by atoms with van der Waals surface area (Å²) >= 11 is 0. The van der Waals surface area contributed by atoms with Crippen molar-refractivity contribution in [1.29, 1.82) is 0 Å². The molecule has 1 aliphatic carbocycles. The molecule has 4 atom stereocenters. The van der Waals surface area contributed by atoms with E-state index in [0.717, 1.165) is 23.8 Å². The van der Waals surface area contributed by atoms with Crippen molar-refractivity contribution in [2.24, 2.45) is 17.8 Å². The van der Waals surface area contributed by atoms with Crippen LogP contribution in [0.1, 0.15) is 52.9 Å². The topological polar surface area (TPSA) is 12.0 Å². The molecule has 1 aliphatic rings. The average molecular weight is 197 g/mol. The molecule has 0 aromatic carbocycles. The van der Waals surface area contributed by atoms with E-state index in [9.17, 15) is 0 Å². The summed E-state index contributed by atoms with van der Waals surface area (Å²) in [7, 11) is 2.14. The van der Waals surface area contributed by atoms with E-state index >= 15 is 0 Å². The van der Waals surface area contributed by atoms with Gasteiger partial charge in [-0.3, -0.25) is 0 Å². The zero-order chi connectivity index (χ0) is 10.6. The molecule has 1 nitrogen and oxygen atoms in total. The number of hydrogen-bond donors (Lipinski definition) is 1. The number of nitrogens with one attached hydrogen (secondary N) is 1. The maximum absolute atomic E-state index is 3.54. The Morgan fingerprint density at radius 3 is 2.50 bits per heavy atom. The molecule has 1 N–H and O–H groups in total. The smallest absolute Gasteiger partial charge is 0.0121 e. The minimum atomic E-state index is 0.784. The van der Waals surface area contributed by atoms with E-state index in [1.807, 2.05) is 0 Å². The first-order valence-corrected chi connectivity index (χ1v) is 6.41. The average Bonchev–Trinajstić information content (AvgIpc) is 2.87. The molecule has 0 heterocycles. The van der Waals surface area contributed by atoms with Crippen LogP contribution < -0.4 is 5.32 Å². The molecular weight excluding hydrogens is 170 g/mol. The van der Waals surface area contributed by atoms with Crippen LogP contribution in [0.15, 0.2) is 0 Å². The first-order valence-electron chi connectivity index (χ1n) is 6.41. The molecule has 1 fully saturated rings. The molecule has 1 heteroatoms. The first kappa shape index (κ1) is 12.0. The van der Waals surface area contributed by atoms with Crippen LogP contribution in [0.3, 0.4) is 0 Å². The predicted octanol–water partition coefficient (Wildman–Crippen LogP) is 3.45. The summed E-state index contributed by atoms with van der Waals surface area (Å²) in [4.78, 5) is 0. The summed E-state index contributed by atoms with van der Waals surface area (Å²) in [6.07, 6.45) is 6.99. The van der Waals surface area contributed by atoms with Gasteiger partial charge in [0.15, 0.2) is 0 Å². The highest BCUT2D eigenvalue weighted by atomic mass is 14.9. The predicted molar refractivity (Wildman–Crippen MR) is 63.4 cm³/mol. The summed E-state index contributed by atoms with van der Waals surface area (Å²) in [6, 6.07) is 0.784. The zero-order valence-electron chi connectivity index (χ0n) is 10.3. The van der Waals surface area contributed by atoms with Gasteiger partial charge in [0, 0.05) is 6.04 Å². The van der Waals surface area contributed by atoms with E-state index in [1.165, 1.54) is 32.1 Å². The lowest BCUT2D eigenvalue weighted by Gasteiger charge is -2.23. The normalized spacial score (nSPS) is 30.0. The van der Waals surface area contributed by atoms with Crippen LogP contribution in [-0.2, 0) is 0 Å². The summed E-state index contributed by atoms with van der Waals surface area (Å²) in [5.74, 6) is 2.88. The van der Waals surface area contributed by atoms with Gasteiger partial charge in [0.25, 0.3) is 0 Å². The summed E-state index contributed by atoms with van der Waals surface area (Å²) in [5.41, 5.74) is 0. The lowest BCUT2D eigenvalue weighted by Crippen LogP contribution is -2.34. The minimum absolute atomic E-state index is 0.784. The molecule has 0 aromatic rings. The fraction of sp³-hybridized carbons (Fsp3) is 1.00. The Morgan fingerprint density at radius 2 is 2.00 bits per heavy atom. The van der Waals surface area contributed by atoms with Crippen molar-refractivity contribution in [1.82, 2.24) is 5.32 Å². The third-order valence-electron chi connectivity index (χ3n) is 3.79. The van der Waals surface area contributed by atoms with Crippen LogP contribution in [0.5, 0.6) is 0 Å². The van der Waals surface area contributed by atoms with Crippen molar-refractivity contribution >= 4 is 0 Å². The highest BCUT2D eigenvalue weighted by Crippen LogP contribution is 2.46. The van der Waals surface area contributed by atoms with E-state index in [-0.39, 0.29) is 0 Å². The molecule has 0 aromatic heterocycles. The van der Waals surface area contributed by atoms with Crippen molar-refractivity contribution < 1.29 is 0 Å². The van der Waals surface area contributed by atoms with Crippen molar-refractivity contribution in [2.45, 2.75) is 58.9 Å². The maximum atomic E-state index is 3.54. The zero-order valence-corrected chi connectivity index (χ0v) is 10.3. The van der Waals surface area contributed by atoms with Gasteiger partial charge in [-0.05, 0) is 37.6 Å². The van der Waals surface area contributed by atoms with Gasteiger partial charge in [-0.1, -0.05) is 40.0 Å². The third-order valence-corrected chi connectivity index (χ3v) is 3.79. The lowest BCUT2D eigenvalue weighted by molar-refractivity contribution is 0.326. The minimum Gasteiger partial charge on any atom is -0.316 e. The van der Waals surface area contributed by atoms with Crippen LogP contribution in [0.2, 0.25) is 0 Å². The Kier molecular flexibility index (Phi) is 4.94. The molecule has 0 spiro atoms. The molecular formula is C13H27N. The largest absolute Gasteiger partial charge is 0.316 e. The van der Waals surface area contributed by atoms with E-state index in [0.29, 0.717) is 0 Å². The SMILES string of the molecule is CCCC(C)C(NC)C1CC1CCC. The van der Waals surface area contributed by atoms with Crippen LogP contribution >= 0.6 is 0 Å². The number of rotatable bonds is 7.